The van der Waals surface area contributed by atoms with Gasteiger partial charge in [-0.25, -0.2) is 4.98 Å². The molecule has 0 bridgehead atoms. The maximum absolute atomic E-state index is 12.5. The normalized spacial score (nSPS) is 10.7. The number of aromatic nitrogens is 2. The van der Waals surface area contributed by atoms with E-state index in [4.69, 9.17) is 9.47 Å². The Bertz CT molecular complexity index is 1310. The largest absolute Gasteiger partial charge is 0.494 e. The van der Waals surface area contributed by atoms with Gasteiger partial charge in [0.15, 0.2) is 0 Å². The Labute approximate surface area is 185 Å². The predicted molar refractivity (Wildman–Crippen MR) is 123 cm³/mol. The molecule has 0 saturated carbocycles. The first kappa shape index (κ1) is 21.1. The summed E-state index contributed by atoms with van der Waals surface area (Å²) in [6.07, 6.45) is 1.76. The Kier molecular flexibility index (Phi) is 6.17. The third kappa shape index (κ3) is 4.95. The number of anilines is 1. The molecule has 2 aromatic carbocycles. The lowest BCUT2D eigenvalue weighted by molar-refractivity contribution is 0.102. The molecule has 0 aliphatic carbocycles. The van der Waals surface area contributed by atoms with E-state index in [0.29, 0.717) is 34.9 Å². The van der Waals surface area contributed by atoms with Crippen LogP contribution >= 0.6 is 0 Å². The second-order valence-electron chi connectivity index (χ2n) is 7.25. The molecule has 0 atom stereocenters. The number of fused-ring (bicyclic) bond motifs is 1. The summed E-state index contributed by atoms with van der Waals surface area (Å²) in [5, 5.41) is 2.86. The molecule has 0 spiro atoms. The zero-order valence-corrected chi connectivity index (χ0v) is 17.9. The van der Waals surface area contributed by atoms with E-state index in [9.17, 15) is 9.59 Å². The predicted octanol–water partition coefficient (Wildman–Crippen LogP) is 4.23. The molecule has 1 N–H and O–H groups in total. The monoisotopic (exact) mass is 429 g/mol. The Balaban J connectivity index is 1.43. The summed E-state index contributed by atoms with van der Waals surface area (Å²) in [5.74, 6) is 1.04. The number of carbonyl (C=O) groups excluding carboxylic acids is 1. The minimum atomic E-state index is -0.232. The van der Waals surface area contributed by atoms with Crippen molar-refractivity contribution in [3.8, 4) is 11.5 Å². The van der Waals surface area contributed by atoms with E-state index < -0.39 is 0 Å². The van der Waals surface area contributed by atoms with Crippen LogP contribution in [0.25, 0.3) is 5.65 Å². The molecule has 0 radical (unpaired) electrons. The number of rotatable bonds is 7. The molecule has 0 unspecified atom stereocenters. The highest BCUT2D eigenvalue weighted by molar-refractivity contribution is 6.04. The Morgan fingerprint density at radius 3 is 2.59 bits per heavy atom. The standard InChI is InChI=1S/C25H23N3O4/c1-3-31-21-10-8-18(9-11-21)25(30)27-19-5-4-6-22(13-19)32-16-20-14-24(29)28-15-17(2)7-12-23(28)26-20/h4-15H,3,16H2,1-2H3,(H,27,30). The van der Waals surface area contributed by atoms with E-state index in [1.165, 1.54) is 10.5 Å². The molecule has 4 rings (SSSR count). The molecule has 7 nitrogen and oxygen atoms in total. The number of hydrogen-bond donors (Lipinski definition) is 1. The van der Waals surface area contributed by atoms with Crippen LogP contribution in [0, 0.1) is 6.92 Å². The van der Waals surface area contributed by atoms with Gasteiger partial charge in [-0.05, 0) is 61.9 Å². The van der Waals surface area contributed by atoms with E-state index in [-0.39, 0.29) is 18.1 Å². The molecule has 32 heavy (non-hydrogen) atoms. The van der Waals surface area contributed by atoms with Crippen molar-refractivity contribution >= 4 is 17.2 Å². The van der Waals surface area contributed by atoms with Gasteiger partial charge >= 0.3 is 0 Å². The molecule has 0 aliphatic heterocycles. The van der Waals surface area contributed by atoms with Gasteiger partial charge in [-0.2, -0.15) is 0 Å². The van der Waals surface area contributed by atoms with Gasteiger partial charge in [0.25, 0.3) is 11.5 Å². The number of amides is 1. The number of nitrogens with zero attached hydrogens (tertiary/aromatic N) is 2. The molecular weight excluding hydrogens is 406 g/mol. The van der Waals surface area contributed by atoms with Gasteiger partial charge in [-0.15, -0.1) is 0 Å². The number of benzene rings is 2. The minimum Gasteiger partial charge on any atom is -0.494 e. The average Bonchev–Trinajstić information content (AvgIpc) is 2.79. The van der Waals surface area contributed by atoms with E-state index >= 15 is 0 Å². The third-order valence-electron chi connectivity index (χ3n) is 4.77. The average molecular weight is 429 g/mol. The first-order valence-electron chi connectivity index (χ1n) is 10.3. The van der Waals surface area contributed by atoms with E-state index in [1.54, 1.807) is 60.8 Å². The molecule has 2 aromatic heterocycles. The second kappa shape index (κ2) is 9.34. The number of aryl methyl sites for hydroxylation is 1. The van der Waals surface area contributed by atoms with Gasteiger partial charge in [0.1, 0.15) is 23.8 Å². The summed E-state index contributed by atoms with van der Waals surface area (Å²) in [6, 6.07) is 19.2. The minimum absolute atomic E-state index is 0.135. The quantitative estimate of drug-likeness (QED) is 0.475. The summed E-state index contributed by atoms with van der Waals surface area (Å²) >= 11 is 0. The highest BCUT2D eigenvalue weighted by Gasteiger charge is 2.08. The Morgan fingerprint density at radius 2 is 1.81 bits per heavy atom. The fourth-order valence-electron chi connectivity index (χ4n) is 3.23. The van der Waals surface area contributed by atoms with Gasteiger partial charge in [0, 0.05) is 29.6 Å². The highest BCUT2D eigenvalue weighted by atomic mass is 16.5. The van der Waals surface area contributed by atoms with Crippen molar-refractivity contribution in [3.05, 3.63) is 100 Å². The number of ether oxygens (including phenoxy) is 2. The van der Waals surface area contributed by atoms with Crippen molar-refractivity contribution in [1.82, 2.24) is 9.38 Å². The van der Waals surface area contributed by atoms with Crippen LogP contribution in [0.5, 0.6) is 11.5 Å². The zero-order valence-electron chi connectivity index (χ0n) is 17.9. The van der Waals surface area contributed by atoms with Crippen molar-refractivity contribution in [2.75, 3.05) is 11.9 Å². The van der Waals surface area contributed by atoms with Gasteiger partial charge < -0.3 is 14.8 Å². The highest BCUT2D eigenvalue weighted by Crippen LogP contribution is 2.20. The maximum Gasteiger partial charge on any atom is 0.258 e. The van der Waals surface area contributed by atoms with Crippen molar-refractivity contribution in [2.45, 2.75) is 20.5 Å². The first-order chi connectivity index (χ1) is 15.5. The number of hydrogen-bond acceptors (Lipinski definition) is 5. The van der Waals surface area contributed by atoms with Crippen molar-refractivity contribution in [2.24, 2.45) is 0 Å². The number of nitrogens with one attached hydrogen (secondary N) is 1. The lowest BCUT2D eigenvalue weighted by Gasteiger charge is -2.10. The van der Waals surface area contributed by atoms with E-state index in [2.05, 4.69) is 10.3 Å². The first-order valence-corrected chi connectivity index (χ1v) is 10.3. The third-order valence-corrected chi connectivity index (χ3v) is 4.77. The van der Waals surface area contributed by atoms with Crippen LogP contribution in [-0.4, -0.2) is 21.9 Å². The summed E-state index contributed by atoms with van der Waals surface area (Å²) in [5.41, 5.74) is 3.04. The van der Waals surface area contributed by atoms with E-state index in [0.717, 1.165) is 11.3 Å². The molecule has 4 aromatic rings. The Hall–Kier alpha value is -4.13. The fourth-order valence-corrected chi connectivity index (χ4v) is 3.23. The SMILES string of the molecule is CCOc1ccc(C(=O)Nc2cccc(OCc3cc(=O)n4cc(C)ccc4n3)c2)cc1. The Morgan fingerprint density at radius 1 is 1.00 bits per heavy atom. The number of pyridine rings is 1. The van der Waals surface area contributed by atoms with Crippen molar-refractivity contribution in [1.29, 1.82) is 0 Å². The lowest BCUT2D eigenvalue weighted by atomic mass is 10.2. The van der Waals surface area contributed by atoms with Gasteiger partial charge in [0.2, 0.25) is 0 Å². The van der Waals surface area contributed by atoms with Crippen LogP contribution in [0.4, 0.5) is 5.69 Å². The van der Waals surface area contributed by atoms with Gasteiger partial charge in [-0.1, -0.05) is 12.1 Å². The van der Waals surface area contributed by atoms with Crippen LogP contribution in [-0.2, 0) is 6.61 Å². The maximum atomic E-state index is 12.5. The van der Waals surface area contributed by atoms with Crippen LogP contribution < -0.4 is 20.3 Å². The van der Waals surface area contributed by atoms with Crippen LogP contribution in [0.2, 0.25) is 0 Å². The summed E-state index contributed by atoms with van der Waals surface area (Å²) in [6.45, 7) is 4.54. The van der Waals surface area contributed by atoms with Crippen molar-refractivity contribution < 1.29 is 14.3 Å². The topological polar surface area (TPSA) is 81.9 Å². The van der Waals surface area contributed by atoms with Gasteiger partial charge in [-0.3, -0.25) is 14.0 Å². The molecule has 2 heterocycles. The van der Waals surface area contributed by atoms with Crippen molar-refractivity contribution in [3.63, 3.8) is 0 Å². The summed E-state index contributed by atoms with van der Waals surface area (Å²) < 4.78 is 12.7. The van der Waals surface area contributed by atoms with E-state index in [1.807, 2.05) is 19.9 Å². The second-order valence-corrected chi connectivity index (χ2v) is 7.25. The molecule has 0 aliphatic rings. The number of carbonyl (C=O) groups is 1. The van der Waals surface area contributed by atoms with Crippen LogP contribution in [0.15, 0.2) is 77.7 Å². The molecule has 0 saturated heterocycles. The smallest absolute Gasteiger partial charge is 0.258 e. The summed E-state index contributed by atoms with van der Waals surface area (Å²) in [7, 11) is 0. The fraction of sp³-hybridized carbons (Fsp3) is 0.160. The summed E-state index contributed by atoms with van der Waals surface area (Å²) in [4.78, 5) is 29.3. The zero-order chi connectivity index (χ0) is 22.5. The lowest BCUT2D eigenvalue weighted by Crippen LogP contribution is -2.16. The van der Waals surface area contributed by atoms with Crippen LogP contribution in [0.3, 0.4) is 0 Å². The molecule has 1 amide bonds. The van der Waals surface area contributed by atoms with Gasteiger partial charge in [0.05, 0.1) is 12.3 Å². The molecule has 7 heteroatoms. The molecule has 162 valence electrons. The molecular formula is C25H23N3O4. The van der Waals surface area contributed by atoms with Crippen LogP contribution in [0.1, 0.15) is 28.5 Å². The molecule has 0 fully saturated rings.